The molecular formula is C14H19N3O2S. The van der Waals surface area contributed by atoms with E-state index in [1.165, 1.54) is 17.1 Å². The second kappa shape index (κ2) is 6.47. The lowest BCUT2D eigenvalue weighted by Gasteiger charge is -2.18. The van der Waals surface area contributed by atoms with Crippen LogP contribution in [0, 0.1) is 0 Å². The van der Waals surface area contributed by atoms with E-state index in [9.17, 15) is 0 Å². The molecule has 2 N–H and O–H groups in total. The van der Waals surface area contributed by atoms with E-state index in [0.717, 1.165) is 17.3 Å². The number of hydrogen-bond acceptors (Lipinski definition) is 6. The van der Waals surface area contributed by atoms with Crippen molar-refractivity contribution in [1.29, 1.82) is 0 Å². The number of rotatable bonds is 6. The summed E-state index contributed by atoms with van der Waals surface area (Å²) in [5.74, 6) is 1.98. The van der Waals surface area contributed by atoms with Crippen molar-refractivity contribution in [2.75, 3.05) is 31.4 Å². The fourth-order valence-corrected chi connectivity index (χ4v) is 2.60. The van der Waals surface area contributed by atoms with E-state index in [-0.39, 0.29) is 0 Å². The van der Waals surface area contributed by atoms with Crippen molar-refractivity contribution in [3.05, 3.63) is 29.8 Å². The summed E-state index contributed by atoms with van der Waals surface area (Å²) in [5.41, 5.74) is 7.01. The first-order valence-corrected chi connectivity index (χ1v) is 7.15. The first kappa shape index (κ1) is 14.5. The van der Waals surface area contributed by atoms with Gasteiger partial charge in [0.15, 0.2) is 16.6 Å². The van der Waals surface area contributed by atoms with Gasteiger partial charge in [0.2, 0.25) is 0 Å². The van der Waals surface area contributed by atoms with Gasteiger partial charge >= 0.3 is 0 Å². The van der Waals surface area contributed by atoms with Crippen molar-refractivity contribution in [3.63, 3.8) is 0 Å². The first-order chi connectivity index (χ1) is 9.65. The predicted molar refractivity (Wildman–Crippen MR) is 82.8 cm³/mol. The van der Waals surface area contributed by atoms with Crippen LogP contribution in [0.25, 0.3) is 0 Å². The topological polar surface area (TPSA) is 60.6 Å². The molecular weight excluding hydrogens is 274 g/mol. The zero-order valence-electron chi connectivity index (χ0n) is 11.9. The monoisotopic (exact) mass is 293 g/mol. The molecule has 0 aliphatic heterocycles. The van der Waals surface area contributed by atoms with Crippen LogP contribution in [0.1, 0.15) is 12.5 Å². The number of nitrogens with two attached hydrogens (primary N) is 1. The van der Waals surface area contributed by atoms with Gasteiger partial charge in [-0.1, -0.05) is 12.1 Å². The van der Waals surface area contributed by atoms with Crippen molar-refractivity contribution in [2.45, 2.75) is 13.5 Å². The van der Waals surface area contributed by atoms with Gasteiger partial charge in [-0.15, -0.1) is 0 Å². The Balaban J connectivity index is 2.12. The molecule has 2 aromatic rings. The maximum Gasteiger partial charge on any atom is 0.197 e. The molecule has 0 bridgehead atoms. The summed E-state index contributed by atoms with van der Waals surface area (Å²) in [6.07, 6.45) is 0. The lowest BCUT2D eigenvalue weighted by molar-refractivity contribution is 0.343. The third-order valence-electron chi connectivity index (χ3n) is 2.87. The summed E-state index contributed by atoms with van der Waals surface area (Å²) < 4.78 is 14.9. The van der Waals surface area contributed by atoms with Gasteiger partial charge in [-0.2, -0.15) is 4.37 Å². The van der Waals surface area contributed by atoms with Crippen molar-refractivity contribution < 1.29 is 9.47 Å². The quantitative estimate of drug-likeness (QED) is 0.887. The lowest BCUT2D eigenvalue weighted by atomic mass is 10.2. The number of anilines is 2. The Bertz CT molecular complexity index is 554. The Morgan fingerprint density at radius 3 is 2.60 bits per heavy atom. The maximum atomic E-state index is 5.83. The predicted octanol–water partition coefficient (Wildman–Crippen LogP) is 2.77. The lowest BCUT2D eigenvalue weighted by Crippen LogP contribution is -2.16. The molecule has 0 aliphatic rings. The standard InChI is InChI=1S/C14H19N3O2S/c1-4-19-12-13(15)16-20-14(12)17(2)9-10-5-7-11(18-3)8-6-10/h5-8H,4,9H2,1-3H3,(H2,15,16). The summed E-state index contributed by atoms with van der Waals surface area (Å²) in [5, 5.41) is 0.945. The SMILES string of the molecule is CCOc1c(N)nsc1N(C)Cc1ccc(OC)cc1. The van der Waals surface area contributed by atoms with Gasteiger partial charge in [0.05, 0.1) is 13.7 Å². The van der Waals surface area contributed by atoms with Crippen LogP contribution in [0.4, 0.5) is 10.8 Å². The molecule has 6 heteroatoms. The van der Waals surface area contributed by atoms with Gasteiger partial charge in [-0.25, -0.2) is 0 Å². The molecule has 0 saturated heterocycles. The number of methoxy groups -OCH3 is 1. The van der Waals surface area contributed by atoms with E-state index >= 15 is 0 Å². The molecule has 0 atom stereocenters. The molecule has 0 amide bonds. The van der Waals surface area contributed by atoms with Gasteiger partial charge in [-0.3, -0.25) is 0 Å². The minimum Gasteiger partial charge on any atom is -0.497 e. The molecule has 20 heavy (non-hydrogen) atoms. The molecule has 0 fully saturated rings. The Morgan fingerprint density at radius 1 is 1.30 bits per heavy atom. The van der Waals surface area contributed by atoms with Gasteiger partial charge in [0.1, 0.15) is 5.75 Å². The van der Waals surface area contributed by atoms with E-state index < -0.39 is 0 Å². The van der Waals surface area contributed by atoms with Gasteiger partial charge in [-0.05, 0) is 36.2 Å². The average Bonchev–Trinajstić information content (AvgIpc) is 2.82. The van der Waals surface area contributed by atoms with Crippen LogP contribution >= 0.6 is 11.5 Å². The van der Waals surface area contributed by atoms with Crippen LogP contribution in [-0.2, 0) is 6.54 Å². The minimum absolute atomic E-state index is 0.452. The highest BCUT2D eigenvalue weighted by Gasteiger charge is 2.16. The number of nitrogens with zero attached hydrogens (tertiary/aromatic N) is 2. The van der Waals surface area contributed by atoms with Crippen LogP contribution in [0.5, 0.6) is 11.5 Å². The fourth-order valence-electron chi connectivity index (χ4n) is 1.88. The van der Waals surface area contributed by atoms with Crippen molar-refractivity contribution in [3.8, 4) is 11.5 Å². The van der Waals surface area contributed by atoms with Crippen LogP contribution in [0.2, 0.25) is 0 Å². The van der Waals surface area contributed by atoms with E-state index in [1.54, 1.807) is 7.11 Å². The van der Waals surface area contributed by atoms with Crippen LogP contribution in [-0.4, -0.2) is 25.1 Å². The highest BCUT2D eigenvalue weighted by atomic mass is 32.1. The number of benzene rings is 1. The molecule has 1 heterocycles. The van der Waals surface area contributed by atoms with Gasteiger partial charge in [0.25, 0.3) is 0 Å². The molecule has 108 valence electrons. The van der Waals surface area contributed by atoms with Gasteiger partial charge in [0, 0.05) is 13.6 Å². The van der Waals surface area contributed by atoms with E-state index in [4.69, 9.17) is 15.2 Å². The number of hydrogen-bond donors (Lipinski definition) is 1. The molecule has 5 nitrogen and oxygen atoms in total. The summed E-state index contributed by atoms with van der Waals surface area (Å²) >= 11 is 1.35. The Morgan fingerprint density at radius 2 is 2.00 bits per heavy atom. The smallest absolute Gasteiger partial charge is 0.197 e. The van der Waals surface area contributed by atoms with Crippen molar-refractivity contribution in [1.82, 2.24) is 4.37 Å². The summed E-state index contributed by atoms with van der Waals surface area (Å²) in [6.45, 7) is 3.27. The first-order valence-electron chi connectivity index (χ1n) is 6.37. The zero-order valence-corrected chi connectivity index (χ0v) is 12.7. The number of aromatic nitrogens is 1. The second-order valence-corrected chi connectivity index (χ2v) is 5.09. The Hall–Kier alpha value is -1.95. The molecule has 0 spiro atoms. The van der Waals surface area contributed by atoms with Crippen molar-refractivity contribution in [2.24, 2.45) is 0 Å². The third-order valence-corrected chi connectivity index (χ3v) is 3.83. The normalized spacial score (nSPS) is 10.3. The summed E-state index contributed by atoms with van der Waals surface area (Å²) in [7, 11) is 3.66. The molecule has 1 aromatic carbocycles. The number of nitrogen functional groups attached to an aromatic ring is 1. The third kappa shape index (κ3) is 3.14. The zero-order chi connectivity index (χ0) is 14.5. The Labute approximate surface area is 123 Å². The second-order valence-electron chi connectivity index (χ2n) is 4.34. The van der Waals surface area contributed by atoms with Crippen LogP contribution < -0.4 is 20.1 Å². The molecule has 1 aromatic heterocycles. The fraction of sp³-hybridized carbons (Fsp3) is 0.357. The summed E-state index contributed by atoms with van der Waals surface area (Å²) in [4.78, 5) is 2.08. The van der Waals surface area contributed by atoms with E-state index in [1.807, 2.05) is 38.2 Å². The van der Waals surface area contributed by atoms with E-state index in [0.29, 0.717) is 18.2 Å². The minimum atomic E-state index is 0.452. The van der Waals surface area contributed by atoms with Crippen molar-refractivity contribution >= 4 is 22.4 Å². The van der Waals surface area contributed by atoms with E-state index in [2.05, 4.69) is 9.27 Å². The van der Waals surface area contributed by atoms with Gasteiger partial charge < -0.3 is 20.1 Å². The highest BCUT2D eigenvalue weighted by Crippen LogP contribution is 2.38. The Kier molecular flexibility index (Phi) is 4.68. The molecule has 0 unspecified atom stereocenters. The molecule has 0 aliphatic carbocycles. The molecule has 0 radical (unpaired) electrons. The maximum absolute atomic E-state index is 5.83. The molecule has 2 rings (SSSR count). The average molecular weight is 293 g/mol. The number of ether oxygens (including phenoxy) is 2. The van der Waals surface area contributed by atoms with Crippen LogP contribution in [0.15, 0.2) is 24.3 Å². The molecule has 0 saturated carbocycles. The summed E-state index contributed by atoms with van der Waals surface area (Å²) in [6, 6.07) is 7.99. The highest BCUT2D eigenvalue weighted by molar-refractivity contribution is 7.11. The largest absolute Gasteiger partial charge is 0.497 e. The van der Waals surface area contributed by atoms with Crippen LogP contribution in [0.3, 0.4) is 0 Å².